The van der Waals surface area contributed by atoms with Crippen molar-refractivity contribution in [3.05, 3.63) is 81.5 Å². The van der Waals surface area contributed by atoms with Crippen molar-refractivity contribution < 1.29 is 37.0 Å². The number of anilines is 1. The summed E-state index contributed by atoms with van der Waals surface area (Å²) in [6, 6.07) is 9.84. The molecule has 0 spiro atoms. The minimum Gasteiger partial charge on any atom is -0.496 e. The normalized spacial score (nSPS) is 19.7. The summed E-state index contributed by atoms with van der Waals surface area (Å²) in [6.45, 7) is 7.40. The van der Waals surface area contributed by atoms with Gasteiger partial charge in [0.1, 0.15) is 23.2 Å². The minimum absolute atomic E-state index is 0.0840. The molecule has 16 heteroatoms. The Morgan fingerprint density at radius 3 is 2.20 bits per heavy atom. The van der Waals surface area contributed by atoms with Gasteiger partial charge in [-0.15, -0.1) is 0 Å². The van der Waals surface area contributed by atoms with Crippen molar-refractivity contribution in [2.24, 2.45) is 13.0 Å². The predicted molar refractivity (Wildman–Crippen MR) is 214 cm³/mol. The van der Waals surface area contributed by atoms with E-state index < -0.39 is 29.4 Å². The van der Waals surface area contributed by atoms with Crippen LogP contribution in [0.15, 0.2) is 53.6 Å². The maximum absolute atomic E-state index is 13.6. The van der Waals surface area contributed by atoms with Crippen LogP contribution in [0.25, 0.3) is 21.9 Å². The van der Waals surface area contributed by atoms with Crippen LogP contribution in [0.1, 0.15) is 59.3 Å². The van der Waals surface area contributed by atoms with E-state index in [4.69, 9.17) is 9.47 Å². The third-order valence-electron chi connectivity index (χ3n) is 12.5. The molecular weight excluding hydrogens is 768 g/mol. The van der Waals surface area contributed by atoms with Gasteiger partial charge in [-0.1, -0.05) is 0 Å². The van der Waals surface area contributed by atoms with Crippen LogP contribution >= 0.6 is 0 Å². The van der Waals surface area contributed by atoms with Crippen LogP contribution in [0.2, 0.25) is 0 Å². The van der Waals surface area contributed by atoms with Crippen molar-refractivity contribution in [3.63, 3.8) is 0 Å². The number of aromatic nitrogens is 2. The highest BCUT2D eigenvalue weighted by Crippen LogP contribution is 2.39. The van der Waals surface area contributed by atoms with Crippen LogP contribution in [0.4, 0.5) is 18.9 Å². The van der Waals surface area contributed by atoms with E-state index in [9.17, 15) is 32.3 Å². The second-order valence-corrected chi connectivity index (χ2v) is 16.0. The number of carbonyl (C=O) groups is 3. The van der Waals surface area contributed by atoms with Crippen LogP contribution in [-0.2, 0) is 35.9 Å². The number of piperazine rings is 1. The van der Waals surface area contributed by atoms with Crippen molar-refractivity contribution >= 4 is 34.2 Å². The van der Waals surface area contributed by atoms with E-state index in [1.165, 1.54) is 10.8 Å². The average molecular weight is 816 g/mol. The third-order valence-corrected chi connectivity index (χ3v) is 12.5. The maximum Gasteiger partial charge on any atom is 0.433 e. The molecule has 59 heavy (non-hydrogen) atoms. The number of nitrogens with zero attached hydrogens (tertiary/aromatic N) is 6. The van der Waals surface area contributed by atoms with Gasteiger partial charge in [-0.3, -0.25) is 34.4 Å². The van der Waals surface area contributed by atoms with Crippen LogP contribution in [0, 0.1) is 5.92 Å². The molecule has 312 valence electrons. The molecule has 0 radical (unpaired) electrons. The molecule has 2 aromatic heterocycles. The second kappa shape index (κ2) is 16.3. The number of benzene rings is 2. The molecule has 0 saturated carbocycles. The zero-order chi connectivity index (χ0) is 41.6. The molecule has 4 aromatic rings. The molecule has 13 nitrogen and oxygen atoms in total. The number of carbonyl (C=O) groups excluding carboxylic acids is 3. The Hall–Kier alpha value is -5.48. The molecule has 8 rings (SSSR count). The van der Waals surface area contributed by atoms with Gasteiger partial charge in [0.05, 0.1) is 25.2 Å². The van der Waals surface area contributed by atoms with Gasteiger partial charge in [-0.25, -0.2) is 0 Å². The molecule has 4 aliphatic rings. The lowest BCUT2D eigenvalue weighted by molar-refractivity contribution is -0.141. The average Bonchev–Trinajstić information content (AvgIpc) is 3.56. The number of alkyl halides is 3. The summed E-state index contributed by atoms with van der Waals surface area (Å²) in [7, 11) is 4.67. The highest BCUT2D eigenvalue weighted by atomic mass is 19.4. The number of fused-ring (bicyclic) bond motifs is 2. The van der Waals surface area contributed by atoms with Gasteiger partial charge >= 0.3 is 6.18 Å². The number of methoxy groups -OCH3 is 2. The molecule has 4 aliphatic heterocycles. The summed E-state index contributed by atoms with van der Waals surface area (Å²) in [5.74, 6) is 0.859. The monoisotopic (exact) mass is 815 g/mol. The SMILES string of the molecule is COc1cc(-c2cn(C)c(=O)c3cnc(C(F)(F)F)cc23)cc(OC)c1CN1CCN(CCC2CCN(c3ccc4c(c3)CN(C3CCC(=O)NC3=O)C4=O)CC2)CC1. The number of hydrogen-bond acceptors (Lipinski definition) is 10. The summed E-state index contributed by atoms with van der Waals surface area (Å²) in [5.41, 5.74) is 2.95. The lowest BCUT2D eigenvalue weighted by Gasteiger charge is -2.37. The maximum atomic E-state index is 13.6. The Bertz CT molecular complexity index is 2330. The number of hydrogen-bond donors (Lipinski definition) is 1. The third kappa shape index (κ3) is 8.12. The summed E-state index contributed by atoms with van der Waals surface area (Å²) in [5, 5.41) is 2.59. The van der Waals surface area contributed by atoms with Gasteiger partial charge in [0.15, 0.2) is 0 Å². The van der Waals surface area contributed by atoms with Crippen LogP contribution in [-0.4, -0.2) is 108 Å². The van der Waals surface area contributed by atoms with Gasteiger partial charge in [-0.05, 0) is 85.7 Å². The Balaban J connectivity index is 0.848. The fraction of sp³-hybridized carbons (Fsp3) is 0.465. The predicted octanol–water partition coefficient (Wildman–Crippen LogP) is 4.82. The minimum atomic E-state index is -4.67. The summed E-state index contributed by atoms with van der Waals surface area (Å²) < 4.78 is 54.0. The fourth-order valence-electron chi connectivity index (χ4n) is 9.04. The summed E-state index contributed by atoms with van der Waals surface area (Å²) in [4.78, 5) is 62.4. The molecule has 6 heterocycles. The summed E-state index contributed by atoms with van der Waals surface area (Å²) in [6.07, 6.45) is 1.72. The van der Waals surface area contributed by atoms with Crippen molar-refractivity contribution in [2.75, 3.05) is 64.9 Å². The zero-order valence-electron chi connectivity index (χ0n) is 33.4. The van der Waals surface area contributed by atoms with Crippen LogP contribution in [0.3, 0.4) is 0 Å². The Kier molecular flexibility index (Phi) is 11.1. The molecule has 3 saturated heterocycles. The number of nitrogens with one attached hydrogen (secondary N) is 1. The van der Waals surface area contributed by atoms with Gasteiger partial charge < -0.3 is 28.7 Å². The lowest BCUT2D eigenvalue weighted by Crippen LogP contribution is -2.52. The van der Waals surface area contributed by atoms with Crippen molar-refractivity contribution in [3.8, 4) is 22.6 Å². The highest BCUT2D eigenvalue weighted by molar-refractivity contribution is 6.05. The van der Waals surface area contributed by atoms with Gasteiger partial charge in [0.25, 0.3) is 11.5 Å². The van der Waals surface area contributed by atoms with Gasteiger partial charge in [0.2, 0.25) is 11.8 Å². The van der Waals surface area contributed by atoms with E-state index in [1.807, 2.05) is 12.1 Å². The van der Waals surface area contributed by atoms with E-state index in [1.54, 1.807) is 38.3 Å². The number of imide groups is 1. The second-order valence-electron chi connectivity index (χ2n) is 16.0. The van der Waals surface area contributed by atoms with Crippen LogP contribution in [0.5, 0.6) is 11.5 Å². The Morgan fingerprint density at radius 1 is 0.847 bits per heavy atom. The topological polar surface area (TPSA) is 130 Å². The van der Waals surface area contributed by atoms with E-state index >= 15 is 0 Å². The quantitative estimate of drug-likeness (QED) is 0.223. The molecule has 0 aliphatic carbocycles. The van der Waals surface area contributed by atoms with Crippen LogP contribution < -0.4 is 25.2 Å². The molecule has 1 atom stereocenters. The van der Waals surface area contributed by atoms with Gasteiger partial charge in [-0.2, -0.15) is 13.2 Å². The number of amides is 3. The number of ether oxygens (including phenoxy) is 2. The van der Waals surface area contributed by atoms with E-state index in [2.05, 4.69) is 31.1 Å². The number of pyridine rings is 2. The Labute approximate surface area is 339 Å². The molecule has 1 unspecified atom stereocenters. The zero-order valence-corrected chi connectivity index (χ0v) is 33.4. The molecular formula is C43H48F3N7O6. The van der Waals surface area contributed by atoms with Crippen molar-refractivity contribution in [1.29, 1.82) is 0 Å². The number of piperidine rings is 2. The number of halogens is 3. The first-order chi connectivity index (χ1) is 28.3. The van der Waals surface area contributed by atoms with E-state index in [0.717, 1.165) is 94.2 Å². The first-order valence-electron chi connectivity index (χ1n) is 20.1. The molecule has 0 bridgehead atoms. The number of rotatable bonds is 10. The Morgan fingerprint density at radius 2 is 1.54 bits per heavy atom. The molecule has 3 fully saturated rings. The van der Waals surface area contributed by atoms with Crippen molar-refractivity contribution in [1.82, 2.24) is 29.6 Å². The van der Waals surface area contributed by atoms with E-state index in [0.29, 0.717) is 53.6 Å². The smallest absolute Gasteiger partial charge is 0.433 e. The first-order valence-corrected chi connectivity index (χ1v) is 20.1. The largest absolute Gasteiger partial charge is 0.496 e. The van der Waals surface area contributed by atoms with Gasteiger partial charge in [0, 0.05) is 100 Å². The molecule has 3 amide bonds. The first kappa shape index (κ1) is 40.3. The highest BCUT2D eigenvalue weighted by Gasteiger charge is 2.39. The standard InChI is InChI=1S/C43H48F3N7O6/c1-49-24-33(31-21-38(43(44,45)46)47-22-32(31)41(49)56)27-19-36(58-2)34(37(20-27)59-3)25-51-16-14-50(15-17-51)11-8-26-9-12-52(13-10-26)29-4-5-30-28(18-29)23-53(42(30)57)35-6-7-39(54)48-40(35)55/h4-5,18-22,24,26,35H,6-17,23,25H2,1-3H3,(H,48,54,55). The molecule has 2 aromatic carbocycles. The number of aryl methyl sites for hydroxylation is 1. The van der Waals surface area contributed by atoms with Crippen molar-refractivity contribution in [2.45, 2.75) is 57.4 Å². The molecule has 1 N–H and O–H groups in total. The fourth-order valence-corrected chi connectivity index (χ4v) is 9.04. The van der Waals surface area contributed by atoms with E-state index in [-0.39, 0.29) is 29.0 Å². The lowest BCUT2D eigenvalue weighted by atomic mass is 9.92. The summed E-state index contributed by atoms with van der Waals surface area (Å²) >= 11 is 0.